The number of aliphatic hydroxyl groups excluding tert-OH is 1. The molecule has 0 bridgehead atoms. The van der Waals surface area contributed by atoms with Crippen LogP contribution in [0.3, 0.4) is 0 Å². The Morgan fingerprint density at radius 1 is 1.29 bits per heavy atom. The number of anilines is 1. The second-order valence-corrected chi connectivity index (χ2v) is 6.26. The Morgan fingerprint density at radius 2 is 2.04 bits per heavy atom. The van der Waals surface area contributed by atoms with E-state index in [4.69, 9.17) is 4.74 Å². The van der Waals surface area contributed by atoms with Crippen molar-refractivity contribution in [2.75, 3.05) is 37.8 Å². The third kappa shape index (κ3) is 6.20. The number of para-hydroxylation sites is 2. The van der Waals surface area contributed by atoms with Gasteiger partial charge >= 0.3 is 6.18 Å². The van der Waals surface area contributed by atoms with Crippen LogP contribution >= 0.6 is 0 Å². The highest BCUT2D eigenvalue weighted by Crippen LogP contribution is 2.31. The van der Waals surface area contributed by atoms with E-state index in [-0.39, 0.29) is 6.61 Å². The second-order valence-electron chi connectivity index (χ2n) is 6.26. The molecule has 1 heterocycles. The highest BCUT2D eigenvalue weighted by molar-refractivity contribution is 5.58. The normalized spacial score (nSPS) is 20.0. The van der Waals surface area contributed by atoms with Gasteiger partial charge in [0.15, 0.2) is 0 Å². The maximum atomic E-state index is 12.0. The minimum absolute atomic E-state index is 0.113. The molecule has 1 aromatic carbocycles. The molecule has 2 unspecified atom stereocenters. The maximum Gasteiger partial charge on any atom is 0.411 e. The summed E-state index contributed by atoms with van der Waals surface area (Å²) >= 11 is 0. The third-order valence-corrected chi connectivity index (χ3v) is 3.87. The van der Waals surface area contributed by atoms with Crippen LogP contribution in [0.1, 0.15) is 19.8 Å². The first-order valence-corrected chi connectivity index (χ1v) is 8.14. The molecule has 4 nitrogen and oxygen atoms in total. The van der Waals surface area contributed by atoms with Crippen LogP contribution in [-0.2, 0) is 4.74 Å². The molecule has 136 valence electrons. The first kappa shape index (κ1) is 18.9. The molecule has 1 saturated heterocycles. The summed E-state index contributed by atoms with van der Waals surface area (Å²) in [6, 6.07) is 7.51. The molecule has 0 aromatic heterocycles. The SMILES string of the molecule is CC1CCCN(c2ccccc2OCC(O)COCC(F)(F)F)C1. The van der Waals surface area contributed by atoms with Gasteiger partial charge in [-0.25, -0.2) is 0 Å². The molecule has 0 amide bonds. The summed E-state index contributed by atoms with van der Waals surface area (Å²) in [5, 5.41) is 9.72. The van der Waals surface area contributed by atoms with Gasteiger partial charge in [0.2, 0.25) is 0 Å². The topological polar surface area (TPSA) is 41.9 Å². The Morgan fingerprint density at radius 3 is 2.75 bits per heavy atom. The standard InChI is InChI=1S/C17H24F3NO3/c1-13-5-4-8-21(9-13)15-6-2-3-7-16(15)24-11-14(22)10-23-12-17(18,19)20/h2-3,6-7,13-14,22H,4-5,8-12H2,1H3. The number of rotatable bonds is 7. The van der Waals surface area contributed by atoms with E-state index in [1.165, 1.54) is 6.42 Å². The average molecular weight is 347 g/mol. The molecule has 1 aromatic rings. The minimum Gasteiger partial charge on any atom is -0.489 e. The van der Waals surface area contributed by atoms with Gasteiger partial charge in [0.05, 0.1) is 12.3 Å². The summed E-state index contributed by atoms with van der Waals surface area (Å²) in [5.41, 5.74) is 0.951. The monoisotopic (exact) mass is 347 g/mol. The number of nitrogens with zero attached hydrogens (tertiary/aromatic N) is 1. The van der Waals surface area contributed by atoms with Gasteiger partial charge in [0, 0.05) is 13.1 Å². The summed E-state index contributed by atoms with van der Waals surface area (Å²) in [5.74, 6) is 1.23. The van der Waals surface area contributed by atoms with Gasteiger partial charge in [-0.05, 0) is 30.9 Å². The number of hydrogen-bond donors (Lipinski definition) is 1. The van der Waals surface area contributed by atoms with Crippen LogP contribution in [0.5, 0.6) is 5.75 Å². The molecule has 1 aliphatic heterocycles. The Labute approximate surface area is 140 Å². The lowest BCUT2D eigenvalue weighted by Crippen LogP contribution is -2.34. The van der Waals surface area contributed by atoms with Crippen LogP contribution in [0.2, 0.25) is 0 Å². The second kappa shape index (κ2) is 8.58. The first-order valence-electron chi connectivity index (χ1n) is 8.14. The molecule has 0 aliphatic carbocycles. The van der Waals surface area contributed by atoms with E-state index < -0.39 is 25.5 Å². The van der Waals surface area contributed by atoms with Gasteiger partial charge < -0.3 is 19.5 Å². The van der Waals surface area contributed by atoms with E-state index in [0.29, 0.717) is 11.7 Å². The summed E-state index contributed by atoms with van der Waals surface area (Å²) in [4.78, 5) is 2.25. The predicted molar refractivity (Wildman–Crippen MR) is 85.4 cm³/mol. The lowest BCUT2D eigenvalue weighted by molar-refractivity contribution is -0.179. The van der Waals surface area contributed by atoms with Crippen molar-refractivity contribution in [3.05, 3.63) is 24.3 Å². The molecule has 1 N–H and O–H groups in total. The van der Waals surface area contributed by atoms with Gasteiger partial charge in [-0.2, -0.15) is 13.2 Å². The molecular formula is C17H24F3NO3. The Kier molecular flexibility index (Phi) is 6.74. The largest absolute Gasteiger partial charge is 0.489 e. The fraction of sp³-hybridized carbons (Fsp3) is 0.647. The van der Waals surface area contributed by atoms with Crippen molar-refractivity contribution in [3.63, 3.8) is 0 Å². The number of halogens is 3. The van der Waals surface area contributed by atoms with Crippen molar-refractivity contribution < 1.29 is 27.8 Å². The fourth-order valence-corrected chi connectivity index (χ4v) is 2.79. The van der Waals surface area contributed by atoms with Crippen LogP contribution in [0.4, 0.5) is 18.9 Å². The lowest BCUT2D eigenvalue weighted by Gasteiger charge is -2.33. The van der Waals surface area contributed by atoms with Crippen LogP contribution in [0.15, 0.2) is 24.3 Å². The highest BCUT2D eigenvalue weighted by atomic mass is 19.4. The van der Waals surface area contributed by atoms with Gasteiger partial charge in [-0.15, -0.1) is 0 Å². The maximum absolute atomic E-state index is 12.0. The molecule has 7 heteroatoms. The molecule has 1 aliphatic rings. The number of benzene rings is 1. The highest BCUT2D eigenvalue weighted by Gasteiger charge is 2.28. The lowest BCUT2D eigenvalue weighted by atomic mass is 9.99. The van der Waals surface area contributed by atoms with Gasteiger partial charge in [0.1, 0.15) is 25.1 Å². The van der Waals surface area contributed by atoms with E-state index in [9.17, 15) is 18.3 Å². The molecular weight excluding hydrogens is 323 g/mol. The fourth-order valence-electron chi connectivity index (χ4n) is 2.79. The number of hydrogen-bond acceptors (Lipinski definition) is 4. The average Bonchev–Trinajstić information content (AvgIpc) is 2.52. The van der Waals surface area contributed by atoms with Crippen molar-refractivity contribution in [2.24, 2.45) is 5.92 Å². The van der Waals surface area contributed by atoms with Crippen LogP contribution in [0.25, 0.3) is 0 Å². The van der Waals surface area contributed by atoms with E-state index in [1.54, 1.807) is 6.07 Å². The smallest absolute Gasteiger partial charge is 0.411 e. The van der Waals surface area contributed by atoms with Gasteiger partial charge in [0.25, 0.3) is 0 Å². The molecule has 0 radical (unpaired) electrons. The molecule has 2 rings (SSSR count). The zero-order chi connectivity index (χ0) is 17.6. The minimum atomic E-state index is -4.39. The summed E-state index contributed by atoms with van der Waals surface area (Å²) < 4.78 is 46.1. The number of aliphatic hydroxyl groups is 1. The molecule has 24 heavy (non-hydrogen) atoms. The number of ether oxygens (including phenoxy) is 2. The number of alkyl halides is 3. The van der Waals surface area contributed by atoms with E-state index in [0.717, 1.165) is 25.2 Å². The van der Waals surface area contributed by atoms with Crippen molar-refractivity contribution in [1.29, 1.82) is 0 Å². The zero-order valence-electron chi connectivity index (χ0n) is 13.8. The van der Waals surface area contributed by atoms with Crippen molar-refractivity contribution in [1.82, 2.24) is 0 Å². The molecule has 1 fully saturated rings. The first-order chi connectivity index (χ1) is 11.3. The van der Waals surface area contributed by atoms with Gasteiger partial charge in [-0.1, -0.05) is 19.1 Å². The van der Waals surface area contributed by atoms with Crippen molar-refractivity contribution in [2.45, 2.75) is 32.0 Å². The third-order valence-electron chi connectivity index (χ3n) is 3.87. The van der Waals surface area contributed by atoms with E-state index >= 15 is 0 Å². The van der Waals surface area contributed by atoms with Crippen LogP contribution < -0.4 is 9.64 Å². The van der Waals surface area contributed by atoms with Gasteiger partial charge in [-0.3, -0.25) is 0 Å². The summed E-state index contributed by atoms with van der Waals surface area (Å²) in [6.07, 6.45) is -3.18. The van der Waals surface area contributed by atoms with Crippen LogP contribution in [-0.4, -0.2) is 50.3 Å². The Balaban J connectivity index is 1.86. The van der Waals surface area contributed by atoms with Crippen molar-refractivity contribution >= 4 is 5.69 Å². The molecule has 0 spiro atoms. The van der Waals surface area contributed by atoms with Crippen molar-refractivity contribution in [3.8, 4) is 5.75 Å². The summed E-state index contributed by atoms with van der Waals surface area (Å²) in [7, 11) is 0. The summed E-state index contributed by atoms with van der Waals surface area (Å²) in [6.45, 7) is 2.20. The Bertz CT molecular complexity index is 510. The van der Waals surface area contributed by atoms with E-state index in [1.807, 2.05) is 18.2 Å². The molecule has 2 atom stereocenters. The zero-order valence-corrected chi connectivity index (χ0v) is 13.8. The quantitative estimate of drug-likeness (QED) is 0.822. The van der Waals surface area contributed by atoms with Crippen LogP contribution in [0, 0.1) is 5.92 Å². The Hall–Kier alpha value is -1.47. The molecule has 0 saturated carbocycles. The predicted octanol–water partition coefficient (Wildman–Crippen LogP) is 3.24. The van der Waals surface area contributed by atoms with E-state index in [2.05, 4.69) is 16.6 Å². The number of piperidine rings is 1.